The van der Waals surface area contributed by atoms with Crippen LogP contribution < -0.4 is 0 Å². The van der Waals surface area contributed by atoms with Crippen LogP contribution in [-0.4, -0.2) is 0 Å². The van der Waals surface area contributed by atoms with Crippen LogP contribution in [0.15, 0.2) is 0 Å². The molecule has 0 spiro atoms. The molecule has 0 aromatic rings. The second-order valence-corrected chi connectivity index (χ2v) is 5.25. The van der Waals surface area contributed by atoms with Crippen LogP contribution in [0.2, 0.25) is 0 Å². The standard InChI is InChI=1S/C11H21/c1-9-10(2,3)7-6-8-11(9,4)5/h6-8H2,1-5H3. The lowest BCUT2D eigenvalue weighted by Crippen LogP contribution is -2.36. The van der Waals surface area contributed by atoms with E-state index in [1.807, 2.05) is 0 Å². The summed E-state index contributed by atoms with van der Waals surface area (Å²) in [6.45, 7) is 11.8. The Morgan fingerprint density at radius 3 is 1.55 bits per heavy atom. The zero-order chi connectivity index (χ0) is 8.70. The van der Waals surface area contributed by atoms with Crippen molar-refractivity contribution in [3.8, 4) is 0 Å². The van der Waals surface area contributed by atoms with Gasteiger partial charge in [0.2, 0.25) is 0 Å². The number of rotatable bonds is 0. The Hall–Kier alpha value is 0. The fraction of sp³-hybridized carbons (Fsp3) is 0.909. The monoisotopic (exact) mass is 153 g/mol. The lowest BCUT2D eigenvalue weighted by atomic mass is 9.58. The Labute approximate surface area is 71.4 Å². The molecule has 1 rings (SSSR count). The van der Waals surface area contributed by atoms with Crippen molar-refractivity contribution in [2.24, 2.45) is 10.8 Å². The van der Waals surface area contributed by atoms with E-state index in [1.54, 1.807) is 5.92 Å². The second kappa shape index (κ2) is 2.50. The van der Waals surface area contributed by atoms with Gasteiger partial charge in [-0.1, -0.05) is 41.0 Å². The topological polar surface area (TPSA) is 0 Å². The van der Waals surface area contributed by atoms with Crippen molar-refractivity contribution < 1.29 is 0 Å². The van der Waals surface area contributed by atoms with E-state index >= 15 is 0 Å². The number of hydrogen-bond acceptors (Lipinski definition) is 0. The Kier molecular flexibility index (Phi) is 2.07. The minimum atomic E-state index is 0.488. The van der Waals surface area contributed by atoms with Gasteiger partial charge in [-0.15, -0.1) is 0 Å². The smallest absolute Gasteiger partial charge is 0.0159 e. The van der Waals surface area contributed by atoms with Crippen LogP contribution >= 0.6 is 0 Å². The average molecular weight is 153 g/mol. The fourth-order valence-corrected chi connectivity index (χ4v) is 2.26. The van der Waals surface area contributed by atoms with Crippen LogP contribution in [0.4, 0.5) is 0 Å². The van der Waals surface area contributed by atoms with Crippen LogP contribution in [-0.2, 0) is 0 Å². The minimum Gasteiger partial charge on any atom is -0.0593 e. The number of hydrogen-bond donors (Lipinski definition) is 0. The molecule has 1 radical (unpaired) electrons. The minimum absolute atomic E-state index is 0.488. The molecule has 65 valence electrons. The molecule has 1 aliphatic rings. The van der Waals surface area contributed by atoms with Gasteiger partial charge in [-0.05, 0) is 29.6 Å². The summed E-state index contributed by atoms with van der Waals surface area (Å²) in [4.78, 5) is 0. The van der Waals surface area contributed by atoms with E-state index in [1.165, 1.54) is 19.3 Å². The molecular weight excluding hydrogens is 132 g/mol. The van der Waals surface area contributed by atoms with Gasteiger partial charge in [0, 0.05) is 0 Å². The first kappa shape index (κ1) is 9.09. The Morgan fingerprint density at radius 1 is 0.909 bits per heavy atom. The highest BCUT2D eigenvalue weighted by atomic mass is 14.4. The third kappa shape index (κ3) is 1.60. The molecule has 1 fully saturated rings. The molecule has 0 saturated heterocycles. The maximum atomic E-state index is 2.38. The predicted octanol–water partition coefficient (Wildman–Crippen LogP) is 3.82. The first-order valence-corrected chi connectivity index (χ1v) is 4.71. The molecule has 0 heterocycles. The Balaban J connectivity index is 2.76. The molecule has 0 aliphatic heterocycles. The van der Waals surface area contributed by atoms with Gasteiger partial charge in [-0.3, -0.25) is 0 Å². The maximum absolute atomic E-state index is 2.38. The van der Waals surface area contributed by atoms with Crippen LogP contribution in [0.1, 0.15) is 53.9 Å². The first-order valence-electron chi connectivity index (χ1n) is 4.71. The summed E-state index contributed by atoms with van der Waals surface area (Å²) in [6, 6.07) is 0. The van der Waals surface area contributed by atoms with Crippen molar-refractivity contribution in [1.29, 1.82) is 0 Å². The molecule has 0 aromatic heterocycles. The van der Waals surface area contributed by atoms with Gasteiger partial charge in [0.1, 0.15) is 0 Å². The van der Waals surface area contributed by atoms with E-state index in [9.17, 15) is 0 Å². The summed E-state index contributed by atoms with van der Waals surface area (Å²) in [7, 11) is 0. The zero-order valence-electron chi connectivity index (χ0n) is 8.62. The van der Waals surface area contributed by atoms with Crippen molar-refractivity contribution in [2.45, 2.75) is 53.9 Å². The van der Waals surface area contributed by atoms with E-state index in [-0.39, 0.29) is 0 Å². The molecule has 0 nitrogen and oxygen atoms in total. The van der Waals surface area contributed by atoms with Gasteiger partial charge in [0.25, 0.3) is 0 Å². The third-order valence-corrected chi connectivity index (χ3v) is 3.63. The summed E-state index contributed by atoms with van der Waals surface area (Å²) >= 11 is 0. The molecule has 0 heteroatoms. The summed E-state index contributed by atoms with van der Waals surface area (Å²) < 4.78 is 0. The molecule has 0 amide bonds. The van der Waals surface area contributed by atoms with E-state index in [0.29, 0.717) is 10.8 Å². The quantitative estimate of drug-likeness (QED) is 0.496. The van der Waals surface area contributed by atoms with E-state index in [4.69, 9.17) is 0 Å². The summed E-state index contributed by atoms with van der Waals surface area (Å²) in [5.41, 5.74) is 0.976. The van der Waals surface area contributed by atoms with E-state index in [2.05, 4.69) is 34.6 Å². The van der Waals surface area contributed by atoms with Crippen molar-refractivity contribution in [3.63, 3.8) is 0 Å². The van der Waals surface area contributed by atoms with E-state index in [0.717, 1.165) is 0 Å². The van der Waals surface area contributed by atoms with Crippen LogP contribution in [0.3, 0.4) is 0 Å². The van der Waals surface area contributed by atoms with Gasteiger partial charge in [0.15, 0.2) is 0 Å². The highest BCUT2D eigenvalue weighted by Crippen LogP contribution is 2.51. The SMILES string of the molecule is C[C]1C(C)(C)CCCC1(C)C. The van der Waals surface area contributed by atoms with Crippen molar-refractivity contribution >= 4 is 0 Å². The zero-order valence-corrected chi connectivity index (χ0v) is 8.62. The summed E-state index contributed by atoms with van der Waals surface area (Å²) in [6.07, 6.45) is 4.15. The second-order valence-electron chi connectivity index (χ2n) is 5.25. The highest BCUT2D eigenvalue weighted by Gasteiger charge is 2.40. The van der Waals surface area contributed by atoms with Crippen molar-refractivity contribution in [2.75, 3.05) is 0 Å². The van der Waals surface area contributed by atoms with Crippen molar-refractivity contribution in [1.82, 2.24) is 0 Å². The molecule has 1 aliphatic carbocycles. The van der Waals surface area contributed by atoms with Gasteiger partial charge in [-0.25, -0.2) is 0 Å². The van der Waals surface area contributed by atoms with Crippen LogP contribution in [0.5, 0.6) is 0 Å². The summed E-state index contributed by atoms with van der Waals surface area (Å²) in [5, 5.41) is 0. The van der Waals surface area contributed by atoms with Gasteiger partial charge in [0.05, 0.1) is 0 Å². The molecule has 0 unspecified atom stereocenters. The third-order valence-electron chi connectivity index (χ3n) is 3.63. The molecule has 0 bridgehead atoms. The lowest BCUT2D eigenvalue weighted by Gasteiger charge is -2.47. The largest absolute Gasteiger partial charge is 0.0593 e. The predicted molar refractivity (Wildman–Crippen MR) is 50.3 cm³/mol. The van der Waals surface area contributed by atoms with Crippen LogP contribution in [0.25, 0.3) is 0 Å². The van der Waals surface area contributed by atoms with Gasteiger partial charge in [-0.2, -0.15) is 0 Å². The molecule has 0 atom stereocenters. The lowest BCUT2D eigenvalue weighted by molar-refractivity contribution is 0.159. The molecular formula is C11H21. The first-order chi connectivity index (χ1) is 4.86. The van der Waals surface area contributed by atoms with E-state index < -0.39 is 0 Å². The van der Waals surface area contributed by atoms with Gasteiger partial charge < -0.3 is 0 Å². The van der Waals surface area contributed by atoms with Gasteiger partial charge >= 0.3 is 0 Å². The molecule has 0 N–H and O–H groups in total. The average Bonchev–Trinajstić information content (AvgIpc) is 1.82. The Bertz CT molecular complexity index is 126. The van der Waals surface area contributed by atoms with Crippen molar-refractivity contribution in [3.05, 3.63) is 5.92 Å². The molecule has 1 saturated carbocycles. The molecule has 11 heavy (non-hydrogen) atoms. The summed E-state index contributed by atoms with van der Waals surface area (Å²) in [5.74, 6) is 1.69. The normalized spacial score (nSPS) is 30.3. The van der Waals surface area contributed by atoms with Crippen LogP contribution in [0, 0.1) is 16.7 Å². The highest BCUT2D eigenvalue weighted by molar-refractivity contribution is 5.11. The Morgan fingerprint density at radius 2 is 1.27 bits per heavy atom. The fourth-order valence-electron chi connectivity index (χ4n) is 2.26. The maximum Gasteiger partial charge on any atom is -0.0159 e. The molecule has 0 aromatic carbocycles.